The lowest BCUT2D eigenvalue weighted by molar-refractivity contribution is 0.0693. The molecule has 0 bridgehead atoms. The van der Waals surface area contributed by atoms with E-state index in [1.807, 2.05) is 25.7 Å². The molecule has 22 heavy (non-hydrogen) atoms. The highest BCUT2D eigenvalue weighted by atomic mass is 16.5. The summed E-state index contributed by atoms with van der Waals surface area (Å²) in [4.78, 5) is 19.0. The third-order valence-electron chi connectivity index (χ3n) is 4.38. The molecule has 0 saturated carbocycles. The van der Waals surface area contributed by atoms with E-state index >= 15 is 0 Å². The van der Waals surface area contributed by atoms with E-state index in [-0.39, 0.29) is 11.8 Å². The lowest BCUT2D eigenvalue weighted by Gasteiger charge is -2.31. The molecule has 0 unspecified atom stereocenters. The van der Waals surface area contributed by atoms with Crippen molar-refractivity contribution >= 4 is 5.91 Å². The van der Waals surface area contributed by atoms with Gasteiger partial charge < -0.3 is 13.8 Å². The number of aromatic nitrogens is 2. The lowest BCUT2D eigenvalue weighted by atomic mass is 9.97. The number of carbonyl (C=O) groups is 1. The summed E-state index contributed by atoms with van der Waals surface area (Å²) in [5, 5.41) is 3.85. The highest BCUT2D eigenvalue weighted by Gasteiger charge is 2.31. The summed E-state index contributed by atoms with van der Waals surface area (Å²) >= 11 is 0. The zero-order valence-corrected chi connectivity index (χ0v) is 13.5. The lowest BCUT2D eigenvalue weighted by Crippen LogP contribution is -2.39. The van der Waals surface area contributed by atoms with Gasteiger partial charge in [0.1, 0.15) is 11.5 Å². The first-order chi connectivity index (χ1) is 10.5. The second-order valence-corrected chi connectivity index (χ2v) is 5.98. The quantitative estimate of drug-likeness (QED) is 0.853. The van der Waals surface area contributed by atoms with E-state index < -0.39 is 0 Å². The van der Waals surface area contributed by atoms with E-state index in [0.717, 1.165) is 30.7 Å². The predicted octanol–water partition coefficient (Wildman–Crippen LogP) is 2.92. The van der Waals surface area contributed by atoms with Gasteiger partial charge in [0.05, 0.1) is 11.5 Å². The highest BCUT2D eigenvalue weighted by molar-refractivity contribution is 5.97. The van der Waals surface area contributed by atoms with Gasteiger partial charge in [-0.2, -0.15) is 4.98 Å². The molecule has 1 saturated heterocycles. The zero-order valence-electron chi connectivity index (χ0n) is 13.5. The predicted molar refractivity (Wildman–Crippen MR) is 79.8 cm³/mol. The van der Waals surface area contributed by atoms with E-state index in [1.165, 1.54) is 0 Å². The molecule has 0 radical (unpaired) electrons. The fourth-order valence-corrected chi connectivity index (χ4v) is 3.11. The molecule has 3 rings (SSSR count). The van der Waals surface area contributed by atoms with Gasteiger partial charge in [0.15, 0.2) is 5.82 Å². The van der Waals surface area contributed by atoms with Crippen LogP contribution in [0.3, 0.4) is 0 Å². The molecule has 6 heteroatoms. The van der Waals surface area contributed by atoms with Gasteiger partial charge in [0.25, 0.3) is 5.91 Å². The molecule has 6 nitrogen and oxygen atoms in total. The molecule has 3 heterocycles. The molecule has 118 valence electrons. The molecular weight excluding hydrogens is 282 g/mol. The Morgan fingerprint density at radius 3 is 2.59 bits per heavy atom. The van der Waals surface area contributed by atoms with Crippen LogP contribution in [0.2, 0.25) is 0 Å². The molecule has 1 aliphatic heterocycles. The molecule has 1 atom stereocenters. The van der Waals surface area contributed by atoms with Crippen LogP contribution in [0.15, 0.2) is 8.94 Å². The Morgan fingerprint density at radius 2 is 2.00 bits per heavy atom. The van der Waals surface area contributed by atoms with Gasteiger partial charge in [-0.05, 0) is 40.5 Å². The van der Waals surface area contributed by atoms with Crippen molar-refractivity contribution in [2.45, 2.75) is 46.5 Å². The van der Waals surface area contributed by atoms with Crippen molar-refractivity contribution in [2.24, 2.45) is 0 Å². The van der Waals surface area contributed by atoms with Crippen LogP contribution in [0.4, 0.5) is 0 Å². The highest BCUT2D eigenvalue weighted by Crippen LogP contribution is 2.29. The first kappa shape index (κ1) is 14.8. The number of piperidine rings is 1. The second-order valence-electron chi connectivity index (χ2n) is 5.98. The zero-order chi connectivity index (χ0) is 15.9. The van der Waals surface area contributed by atoms with Crippen LogP contribution in [0, 0.1) is 27.7 Å². The van der Waals surface area contributed by atoms with Crippen molar-refractivity contribution in [1.29, 1.82) is 0 Å². The van der Waals surface area contributed by atoms with Crippen molar-refractivity contribution in [3.63, 3.8) is 0 Å². The molecule has 2 aromatic rings. The van der Waals surface area contributed by atoms with Crippen molar-refractivity contribution in [1.82, 2.24) is 15.0 Å². The summed E-state index contributed by atoms with van der Waals surface area (Å²) in [6.45, 7) is 8.84. The Balaban J connectivity index is 1.81. The van der Waals surface area contributed by atoms with Crippen LogP contribution in [0.1, 0.15) is 57.9 Å². The Hall–Kier alpha value is -2.11. The van der Waals surface area contributed by atoms with E-state index in [4.69, 9.17) is 8.94 Å². The number of likely N-dealkylation sites (tertiary alicyclic amines) is 1. The monoisotopic (exact) mass is 303 g/mol. The van der Waals surface area contributed by atoms with Crippen LogP contribution in [0.25, 0.3) is 0 Å². The molecule has 0 aromatic carbocycles. The first-order valence-corrected chi connectivity index (χ1v) is 7.63. The summed E-state index contributed by atoms with van der Waals surface area (Å²) in [5.41, 5.74) is 1.62. The van der Waals surface area contributed by atoms with Crippen molar-refractivity contribution in [3.8, 4) is 0 Å². The number of hydrogen-bond donors (Lipinski definition) is 0. The number of amides is 1. The number of rotatable bonds is 2. The van der Waals surface area contributed by atoms with Gasteiger partial charge in [0, 0.05) is 18.7 Å². The normalized spacial score (nSPS) is 18.7. The fraction of sp³-hybridized carbons (Fsp3) is 0.562. The van der Waals surface area contributed by atoms with Gasteiger partial charge >= 0.3 is 0 Å². The van der Waals surface area contributed by atoms with E-state index in [0.29, 0.717) is 29.6 Å². The maximum absolute atomic E-state index is 12.8. The molecule has 2 aromatic heterocycles. The molecule has 0 aliphatic carbocycles. The minimum Gasteiger partial charge on any atom is -0.466 e. The van der Waals surface area contributed by atoms with Crippen LogP contribution < -0.4 is 0 Å². The Bertz CT molecular complexity index is 702. The maximum Gasteiger partial charge on any atom is 0.257 e. The second kappa shape index (κ2) is 5.59. The smallest absolute Gasteiger partial charge is 0.257 e. The topological polar surface area (TPSA) is 72.4 Å². The minimum absolute atomic E-state index is 0.0350. The molecule has 0 spiro atoms. The number of aryl methyl sites for hydroxylation is 3. The molecular formula is C16H21N3O3. The largest absolute Gasteiger partial charge is 0.466 e. The van der Waals surface area contributed by atoms with Gasteiger partial charge in [-0.1, -0.05) is 5.16 Å². The van der Waals surface area contributed by atoms with Crippen LogP contribution in [-0.2, 0) is 0 Å². The minimum atomic E-state index is 0.0350. The first-order valence-electron chi connectivity index (χ1n) is 7.63. The van der Waals surface area contributed by atoms with Gasteiger partial charge in [-0.3, -0.25) is 4.79 Å². The SMILES string of the molecule is Cc1noc([C@@H]2CCCN(C(=O)c3c(C)oc(C)c3C)C2)n1. The Labute approximate surface area is 129 Å². The van der Waals surface area contributed by atoms with Crippen LogP contribution in [-0.4, -0.2) is 34.0 Å². The molecule has 0 N–H and O–H groups in total. The van der Waals surface area contributed by atoms with Gasteiger partial charge in [-0.15, -0.1) is 0 Å². The fourth-order valence-electron chi connectivity index (χ4n) is 3.11. The van der Waals surface area contributed by atoms with E-state index in [1.54, 1.807) is 6.92 Å². The maximum atomic E-state index is 12.8. The third-order valence-corrected chi connectivity index (χ3v) is 4.38. The number of nitrogens with zero attached hydrogens (tertiary/aromatic N) is 3. The van der Waals surface area contributed by atoms with Crippen molar-refractivity contribution in [2.75, 3.05) is 13.1 Å². The van der Waals surface area contributed by atoms with Gasteiger partial charge in [0.2, 0.25) is 5.89 Å². The average Bonchev–Trinajstić information content (AvgIpc) is 3.03. The third kappa shape index (κ3) is 2.53. The molecule has 1 amide bonds. The summed E-state index contributed by atoms with van der Waals surface area (Å²) in [7, 11) is 0. The molecule has 1 fully saturated rings. The van der Waals surface area contributed by atoms with E-state index in [9.17, 15) is 4.79 Å². The summed E-state index contributed by atoms with van der Waals surface area (Å²) in [6, 6.07) is 0. The summed E-state index contributed by atoms with van der Waals surface area (Å²) < 4.78 is 10.9. The average molecular weight is 303 g/mol. The summed E-state index contributed by atoms with van der Waals surface area (Å²) in [6.07, 6.45) is 1.90. The summed E-state index contributed by atoms with van der Waals surface area (Å²) in [5.74, 6) is 2.92. The number of hydrogen-bond acceptors (Lipinski definition) is 5. The number of carbonyl (C=O) groups excluding carboxylic acids is 1. The van der Waals surface area contributed by atoms with E-state index in [2.05, 4.69) is 10.1 Å². The molecule has 1 aliphatic rings. The van der Waals surface area contributed by atoms with Crippen LogP contribution in [0.5, 0.6) is 0 Å². The van der Waals surface area contributed by atoms with Crippen molar-refractivity contribution in [3.05, 3.63) is 34.4 Å². The Morgan fingerprint density at radius 1 is 1.23 bits per heavy atom. The van der Waals surface area contributed by atoms with Crippen molar-refractivity contribution < 1.29 is 13.7 Å². The van der Waals surface area contributed by atoms with Gasteiger partial charge in [-0.25, -0.2) is 0 Å². The Kier molecular flexibility index (Phi) is 3.76. The number of furan rings is 1. The standard InChI is InChI=1S/C16H21N3O3/c1-9-10(2)21-11(3)14(9)16(20)19-7-5-6-13(8-19)15-17-12(4)18-22-15/h13H,5-8H2,1-4H3/t13-/m1/s1. The van der Waals surface area contributed by atoms with Crippen LogP contribution >= 0.6 is 0 Å².